The lowest BCUT2D eigenvalue weighted by atomic mass is 9.55. The van der Waals surface area contributed by atoms with Crippen molar-refractivity contribution in [2.24, 2.45) is 17.3 Å². The lowest BCUT2D eigenvalue weighted by Crippen LogP contribution is -2.44. The van der Waals surface area contributed by atoms with E-state index >= 15 is 0 Å². The quantitative estimate of drug-likeness (QED) is 0.373. The van der Waals surface area contributed by atoms with E-state index in [1.54, 1.807) is 6.07 Å². The normalized spacial score (nSPS) is 36.1. The molecule has 1 aromatic rings. The second-order valence-electron chi connectivity index (χ2n) is 8.11. The summed E-state index contributed by atoms with van der Waals surface area (Å²) in [5, 5.41) is 20.4. The summed E-state index contributed by atoms with van der Waals surface area (Å²) in [5.41, 5.74) is 1.97. The number of phenolic OH excluding ortho intramolecular Hbond substituents is 1. The summed E-state index contributed by atoms with van der Waals surface area (Å²) in [6, 6.07) is 3.20. The topological polar surface area (TPSA) is 83.8 Å². The molecule has 5 heteroatoms. The molecule has 0 bridgehead atoms. The standard InChI is InChI=1S/C20H24O5/c1-20-7-6-14-13(15(20)4-5-17(20)23)3-2-11-8-12(22)9-16(19(11)14)25-18(24)10-21/h8-10,13-15,17,22-23H,2-7H2,1H3/t13-,14-,15-,17-,20-/m0/s1. The third-order valence-electron chi connectivity index (χ3n) is 7.02. The number of aliphatic hydroxyl groups excluding tert-OH is 1. The van der Waals surface area contributed by atoms with E-state index in [2.05, 4.69) is 6.92 Å². The highest BCUT2D eigenvalue weighted by Gasteiger charge is 2.54. The molecule has 2 N–H and O–H groups in total. The zero-order valence-electron chi connectivity index (χ0n) is 14.4. The molecule has 0 unspecified atom stereocenters. The van der Waals surface area contributed by atoms with Gasteiger partial charge < -0.3 is 14.9 Å². The smallest absolute Gasteiger partial charge is 0.376 e. The average Bonchev–Trinajstić information content (AvgIpc) is 2.89. The maximum atomic E-state index is 11.5. The zero-order chi connectivity index (χ0) is 17.8. The molecule has 0 radical (unpaired) electrons. The fourth-order valence-corrected chi connectivity index (χ4v) is 5.86. The van der Waals surface area contributed by atoms with Gasteiger partial charge >= 0.3 is 5.97 Å². The molecule has 2 fully saturated rings. The Morgan fingerprint density at radius 1 is 1.28 bits per heavy atom. The molecule has 0 aromatic heterocycles. The van der Waals surface area contributed by atoms with E-state index in [0.717, 1.165) is 49.7 Å². The van der Waals surface area contributed by atoms with Gasteiger partial charge in [0, 0.05) is 11.6 Å². The maximum Gasteiger partial charge on any atom is 0.376 e. The lowest BCUT2D eigenvalue weighted by Gasteiger charge is -2.50. The number of aryl methyl sites for hydroxylation is 1. The summed E-state index contributed by atoms with van der Waals surface area (Å²) in [4.78, 5) is 22.2. The number of ether oxygens (including phenoxy) is 1. The molecule has 0 spiro atoms. The Morgan fingerprint density at radius 2 is 2.08 bits per heavy atom. The molecule has 3 aliphatic rings. The Labute approximate surface area is 147 Å². The molecule has 0 aliphatic heterocycles. The summed E-state index contributed by atoms with van der Waals surface area (Å²) >= 11 is 0. The van der Waals surface area contributed by atoms with Crippen molar-refractivity contribution in [3.8, 4) is 11.5 Å². The number of carbonyl (C=O) groups is 2. The molecule has 3 aliphatic carbocycles. The molecule has 134 valence electrons. The number of aldehydes is 1. The second kappa shape index (κ2) is 5.84. The van der Waals surface area contributed by atoms with Gasteiger partial charge in [0.1, 0.15) is 11.5 Å². The number of benzene rings is 1. The van der Waals surface area contributed by atoms with Gasteiger partial charge in [0.05, 0.1) is 6.10 Å². The number of hydrogen-bond acceptors (Lipinski definition) is 5. The fourth-order valence-electron chi connectivity index (χ4n) is 5.86. The molecule has 4 rings (SSSR count). The van der Waals surface area contributed by atoms with E-state index in [1.165, 1.54) is 6.07 Å². The monoisotopic (exact) mass is 344 g/mol. The fraction of sp³-hybridized carbons (Fsp3) is 0.600. The van der Waals surface area contributed by atoms with E-state index in [0.29, 0.717) is 17.6 Å². The van der Waals surface area contributed by atoms with Gasteiger partial charge in [0.25, 0.3) is 0 Å². The van der Waals surface area contributed by atoms with Gasteiger partial charge in [0.2, 0.25) is 6.29 Å². The van der Waals surface area contributed by atoms with E-state index in [1.807, 2.05) is 0 Å². The number of rotatable bonds is 2. The third-order valence-corrected chi connectivity index (χ3v) is 7.02. The van der Waals surface area contributed by atoms with E-state index in [-0.39, 0.29) is 29.5 Å². The Hall–Kier alpha value is -1.88. The van der Waals surface area contributed by atoms with E-state index < -0.39 is 5.97 Å². The predicted octanol–water partition coefficient (Wildman–Crippen LogP) is 2.71. The third kappa shape index (κ3) is 2.48. The molecular formula is C20H24O5. The summed E-state index contributed by atoms with van der Waals surface area (Å²) in [5.74, 6) is 0.611. The SMILES string of the molecule is C[C@]12CC[C@@H]3c4c(cc(O)cc4OC(=O)C=O)CC[C@@H]3[C@@H]1CC[C@@H]2O. The summed E-state index contributed by atoms with van der Waals surface area (Å²) in [6.45, 7) is 2.21. The molecule has 5 nitrogen and oxygen atoms in total. The molecule has 0 heterocycles. The predicted molar refractivity (Wildman–Crippen MR) is 90.4 cm³/mol. The highest BCUT2D eigenvalue weighted by Crippen LogP contribution is 2.62. The number of carbonyl (C=O) groups excluding carboxylic acids is 2. The molecular weight excluding hydrogens is 320 g/mol. The highest BCUT2D eigenvalue weighted by molar-refractivity contribution is 6.21. The van der Waals surface area contributed by atoms with Crippen LogP contribution in [0, 0.1) is 17.3 Å². The number of hydrogen-bond donors (Lipinski definition) is 2. The van der Waals surface area contributed by atoms with Gasteiger partial charge in [-0.05, 0) is 73.3 Å². The van der Waals surface area contributed by atoms with Gasteiger partial charge in [-0.3, -0.25) is 4.79 Å². The van der Waals surface area contributed by atoms with Crippen LogP contribution in [-0.4, -0.2) is 28.6 Å². The van der Waals surface area contributed by atoms with Gasteiger partial charge in [0.15, 0.2) is 0 Å². The summed E-state index contributed by atoms with van der Waals surface area (Å²) < 4.78 is 5.23. The van der Waals surface area contributed by atoms with Crippen LogP contribution in [0.5, 0.6) is 11.5 Å². The van der Waals surface area contributed by atoms with Crippen molar-refractivity contribution in [2.45, 2.75) is 57.5 Å². The van der Waals surface area contributed by atoms with Crippen LogP contribution in [0.1, 0.15) is 56.1 Å². The Bertz CT molecular complexity index is 727. The summed E-state index contributed by atoms with van der Waals surface area (Å²) in [6.07, 6.45) is 5.54. The van der Waals surface area contributed by atoms with Crippen molar-refractivity contribution in [3.63, 3.8) is 0 Å². The van der Waals surface area contributed by atoms with Crippen molar-refractivity contribution in [1.82, 2.24) is 0 Å². The van der Waals surface area contributed by atoms with Gasteiger partial charge in [-0.1, -0.05) is 6.92 Å². The number of phenols is 1. The van der Waals surface area contributed by atoms with E-state index in [4.69, 9.17) is 4.74 Å². The first-order chi connectivity index (χ1) is 11.9. The minimum Gasteiger partial charge on any atom is -0.508 e. The van der Waals surface area contributed by atoms with Crippen molar-refractivity contribution < 1.29 is 24.5 Å². The van der Waals surface area contributed by atoms with Gasteiger partial charge in [-0.15, -0.1) is 0 Å². The van der Waals surface area contributed by atoms with Gasteiger partial charge in [-0.2, -0.15) is 0 Å². The minimum absolute atomic E-state index is 0.0186. The average molecular weight is 344 g/mol. The van der Waals surface area contributed by atoms with E-state index in [9.17, 15) is 19.8 Å². The van der Waals surface area contributed by atoms with Crippen molar-refractivity contribution in [2.75, 3.05) is 0 Å². The first kappa shape index (κ1) is 16.6. The van der Waals surface area contributed by atoms with Crippen LogP contribution >= 0.6 is 0 Å². The van der Waals surface area contributed by atoms with Crippen LogP contribution < -0.4 is 4.74 Å². The molecule has 25 heavy (non-hydrogen) atoms. The van der Waals surface area contributed by atoms with Crippen LogP contribution in [0.4, 0.5) is 0 Å². The molecule has 2 saturated carbocycles. The lowest BCUT2D eigenvalue weighted by molar-refractivity contribution is -0.141. The van der Waals surface area contributed by atoms with Gasteiger partial charge in [-0.25, -0.2) is 4.79 Å². The Morgan fingerprint density at radius 3 is 2.84 bits per heavy atom. The first-order valence-corrected chi connectivity index (χ1v) is 9.15. The number of aliphatic hydroxyl groups is 1. The first-order valence-electron chi connectivity index (χ1n) is 9.15. The zero-order valence-corrected chi connectivity index (χ0v) is 14.4. The summed E-state index contributed by atoms with van der Waals surface area (Å²) in [7, 11) is 0. The Balaban J connectivity index is 1.74. The van der Waals surface area contributed by atoms with Crippen LogP contribution in [0.3, 0.4) is 0 Å². The largest absolute Gasteiger partial charge is 0.508 e. The Kier molecular flexibility index (Phi) is 3.87. The van der Waals surface area contributed by atoms with Crippen molar-refractivity contribution >= 4 is 12.3 Å². The molecule has 0 saturated heterocycles. The number of fused-ring (bicyclic) bond motifs is 5. The van der Waals surface area contributed by atoms with Crippen LogP contribution in [0.15, 0.2) is 12.1 Å². The molecule has 0 amide bonds. The molecule has 5 atom stereocenters. The molecule has 1 aromatic carbocycles. The maximum absolute atomic E-state index is 11.5. The van der Waals surface area contributed by atoms with Crippen molar-refractivity contribution in [1.29, 1.82) is 0 Å². The second-order valence-corrected chi connectivity index (χ2v) is 8.11. The van der Waals surface area contributed by atoms with Crippen molar-refractivity contribution in [3.05, 3.63) is 23.3 Å². The minimum atomic E-state index is -0.938. The number of aromatic hydroxyl groups is 1. The number of esters is 1. The van der Waals surface area contributed by atoms with Crippen LogP contribution in [0.2, 0.25) is 0 Å². The van der Waals surface area contributed by atoms with Crippen LogP contribution in [-0.2, 0) is 16.0 Å². The van der Waals surface area contributed by atoms with Crippen LogP contribution in [0.25, 0.3) is 0 Å². The highest BCUT2D eigenvalue weighted by atomic mass is 16.5.